The normalized spacial score (nSPS) is 41.1. The first-order valence-corrected chi connectivity index (χ1v) is 13.8. The Bertz CT molecular complexity index is 1150. The van der Waals surface area contributed by atoms with E-state index in [0.29, 0.717) is 16.7 Å². The van der Waals surface area contributed by atoms with Crippen molar-refractivity contribution in [2.24, 2.45) is 33.0 Å². The molecule has 5 aliphatic carbocycles. The summed E-state index contributed by atoms with van der Waals surface area (Å²) in [5.41, 5.74) is 5.56. The van der Waals surface area contributed by atoms with E-state index < -0.39 is 5.97 Å². The summed E-state index contributed by atoms with van der Waals surface area (Å²) in [6, 6.07) is 0. The number of carbonyl (C=O) groups excluding carboxylic acids is 2. The molecule has 0 aromatic heterocycles. The van der Waals surface area contributed by atoms with Crippen LogP contribution in [0.5, 0.6) is 0 Å². The van der Waals surface area contributed by atoms with Gasteiger partial charge in [-0.3, -0.25) is 4.79 Å². The molecule has 5 atom stereocenters. The third-order valence-corrected chi connectivity index (χ3v) is 11.6. The van der Waals surface area contributed by atoms with E-state index in [1.54, 1.807) is 6.08 Å². The van der Waals surface area contributed by atoms with E-state index in [4.69, 9.17) is 9.47 Å². The van der Waals surface area contributed by atoms with Crippen molar-refractivity contribution in [2.45, 2.75) is 93.4 Å². The lowest BCUT2D eigenvalue weighted by Gasteiger charge is -2.70. The minimum absolute atomic E-state index is 0.1000. The van der Waals surface area contributed by atoms with Crippen molar-refractivity contribution >= 4 is 11.8 Å². The summed E-state index contributed by atoms with van der Waals surface area (Å²) in [5.74, 6) is 0.347. The zero-order chi connectivity index (χ0) is 26.3. The molecule has 0 aromatic rings. The van der Waals surface area contributed by atoms with Crippen LogP contribution in [-0.2, 0) is 19.1 Å². The van der Waals surface area contributed by atoms with Gasteiger partial charge in [0.1, 0.15) is 0 Å². The maximum atomic E-state index is 13.2. The molecule has 5 aliphatic rings. The van der Waals surface area contributed by atoms with Gasteiger partial charge in [-0.15, -0.1) is 0 Å². The number of hydrogen-bond acceptors (Lipinski definition) is 4. The van der Waals surface area contributed by atoms with E-state index in [0.717, 1.165) is 23.1 Å². The topological polar surface area (TPSA) is 52.6 Å². The Balaban J connectivity index is 1.57. The third kappa shape index (κ3) is 3.38. The van der Waals surface area contributed by atoms with Crippen LogP contribution in [0, 0.1) is 33.0 Å². The maximum Gasteiger partial charge on any atom is 0.343 e. The molecule has 0 spiro atoms. The number of fused-ring (bicyclic) bond motifs is 7. The largest absolute Gasteiger partial charge is 0.477 e. The molecule has 36 heavy (non-hydrogen) atoms. The first-order chi connectivity index (χ1) is 16.7. The Morgan fingerprint density at radius 1 is 0.972 bits per heavy atom. The molecule has 0 bridgehead atoms. The standard InChI is InChI=1S/C32H44O4/c1-20-21-9-10-24-30(5,22(21)17-23(33)27(20)36-19-26(34)35-8)14-16-32(7)25-18-28(2,3)11-12-29(25,4)13-15-31(24,32)6/h9-10,17,25H,11-16,18-19H2,1-8H3/t25-,29-,30+,31-,32+/m1/s1. The lowest BCUT2D eigenvalue weighted by molar-refractivity contribution is -0.159. The van der Waals surface area contributed by atoms with Crippen molar-refractivity contribution in [3.8, 4) is 0 Å². The van der Waals surface area contributed by atoms with E-state index >= 15 is 0 Å². The first-order valence-electron chi connectivity index (χ1n) is 13.8. The molecule has 5 rings (SSSR count). The summed E-state index contributed by atoms with van der Waals surface area (Å²) in [5, 5.41) is 0. The Labute approximate surface area is 217 Å². The van der Waals surface area contributed by atoms with Crippen molar-refractivity contribution in [1.82, 2.24) is 0 Å². The average Bonchev–Trinajstić information content (AvgIpc) is 2.82. The molecule has 0 heterocycles. The first kappa shape index (κ1) is 25.5. The Hall–Kier alpha value is -2.10. The molecule has 0 aliphatic heterocycles. The maximum absolute atomic E-state index is 13.2. The highest BCUT2D eigenvalue weighted by Gasteiger charge is 2.66. The lowest BCUT2D eigenvalue weighted by atomic mass is 9.34. The number of methoxy groups -OCH3 is 1. The lowest BCUT2D eigenvalue weighted by Crippen LogP contribution is -2.61. The molecule has 0 radical (unpaired) electrons. The molecule has 0 unspecified atom stereocenters. The van der Waals surface area contributed by atoms with Crippen molar-refractivity contribution in [3.63, 3.8) is 0 Å². The van der Waals surface area contributed by atoms with Crippen LogP contribution in [0.15, 0.2) is 46.3 Å². The molecule has 196 valence electrons. The number of rotatable bonds is 3. The SMILES string of the molecule is COC(=O)COC1=C(C)C2=CC=C3[C@@](C)(CC[C@@]4(C)[C@@H]5CC(C)(C)CC[C@]5(C)CC[C@]34C)C2=CC1=O. The monoisotopic (exact) mass is 492 g/mol. The predicted molar refractivity (Wildman–Crippen MR) is 142 cm³/mol. The van der Waals surface area contributed by atoms with E-state index in [9.17, 15) is 9.59 Å². The van der Waals surface area contributed by atoms with Crippen LogP contribution in [0.4, 0.5) is 0 Å². The van der Waals surface area contributed by atoms with E-state index in [2.05, 4.69) is 53.7 Å². The van der Waals surface area contributed by atoms with Crippen LogP contribution < -0.4 is 0 Å². The number of hydrogen-bond donors (Lipinski definition) is 0. The van der Waals surface area contributed by atoms with Crippen LogP contribution in [-0.4, -0.2) is 25.5 Å². The minimum Gasteiger partial charge on any atom is -0.477 e. The number of carbonyl (C=O) groups is 2. The molecule has 3 saturated carbocycles. The van der Waals surface area contributed by atoms with Gasteiger partial charge in [0, 0.05) is 11.0 Å². The fourth-order valence-electron chi connectivity index (χ4n) is 8.98. The molecule has 0 N–H and O–H groups in total. The van der Waals surface area contributed by atoms with Crippen LogP contribution in [0.2, 0.25) is 0 Å². The van der Waals surface area contributed by atoms with Gasteiger partial charge in [0.15, 0.2) is 12.4 Å². The molecule has 0 saturated heterocycles. The van der Waals surface area contributed by atoms with Crippen LogP contribution in [0.3, 0.4) is 0 Å². The Morgan fingerprint density at radius 3 is 2.36 bits per heavy atom. The number of allylic oxidation sites excluding steroid dienone is 7. The summed E-state index contributed by atoms with van der Waals surface area (Å²) in [6.45, 7) is 16.7. The summed E-state index contributed by atoms with van der Waals surface area (Å²) < 4.78 is 10.3. The number of esters is 1. The summed E-state index contributed by atoms with van der Waals surface area (Å²) in [7, 11) is 1.32. The van der Waals surface area contributed by atoms with Crippen LogP contribution in [0.25, 0.3) is 0 Å². The van der Waals surface area contributed by atoms with Gasteiger partial charge in [0.2, 0.25) is 5.78 Å². The van der Waals surface area contributed by atoms with Gasteiger partial charge in [-0.2, -0.15) is 0 Å². The number of ether oxygens (including phenoxy) is 2. The highest BCUT2D eigenvalue weighted by atomic mass is 16.6. The van der Waals surface area contributed by atoms with Gasteiger partial charge in [0.25, 0.3) is 0 Å². The smallest absolute Gasteiger partial charge is 0.343 e. The molecule has 0 amide bonds. The second-order valence-corrected chi connectivity index (χ2v) is 14.1. The van der Waals surface area contributed by atoms with Gasteiger partial charge in [-0.25, -0.2) is 4.79 Å². The zero-order valence-electron chi connectivity index (χ0n) is 23.6. The van der Waals surface area contributed by atoms with Crippen molar-refractivity contribution < 1.29 is 19.1 Å². The molecule has 4 nitrogen and oxygen atoms in total. The molecular formula is C32H44O4. The zero-order valence-corrected chi connectivity index (χ0v) is 23.6. The molecule has 3 fully saturated rings. The molecular weight excluding hydrogens is 448 g/mol. The third-order valence-electron chi connectivity index (χ3n) is 11.6. The fraction of sp³-hybridized carbons (Fsp3) is 0.688. The second kappa shape index (κ2) is 7.95. The predicted octanol–water partition coefficient (Wildman–Crippen LogP) is 7.26. The van der Waals surface area contributed by atoms with Gasteiger partial charge < -0.3 is 9.47 Å². The minimum atomic E-state index is -0.487. The van der Waals surface area contributed by atoms with E-state index in [1.165, 1.54) is 51.2 Å². The summed E-state index contributed by atoms with van der Waals surface area (Å²) in [6.07, 6.45) is 15.1. The van der Waals surface area contributed by atoms with Crippen molar-refractivity contribution in [1.29, 1.82) is 0 Å². The Kier molecular flexibility index (Phi) is 5.64. The van der Waals surface area contributed by atoms with Crippen LogP contribution in [0.1, 0.15) is 93.4 Å². The quantitative estimate of drug-likeness (QED) is 0.389. The van der Waals surface area contributed by atoms with Crippen molar-refractivity contribution in [2.75, 3.05) is 13.7 Å². The van der Waals surface area contributed by atoms with Gasteiger partial charge in [-0.05, 0) is 96.7 Å². The van der Waals surface area contributed by atoms with Gasteiger partial charge >= 0.3 is 5.97 Å². The van der Waals surface area contributed by atoms with Crippen molar-refractivity contribution in [3.05, 3.63) is 46.3 Å². The Morgan fingerprint density at radius 2 is 1.67 bits per heavy atom. The summed E-state index contributed by atoms with van der Waals surface area (Å²) >= 11 is 0. The number of ketones is 1. The van der Waals surface area contributed by atoms with Gasteiger partial charge in [-0.1, -0.05) is 59.3 Å². The van der Waals surface area contributed by atoms with Gasteiger partial charge in [0.05, 0.1) is 7.11 Å². The summed E-state index contributed by atoms with van der Waals surface area (Å²) in [4.78, 5) is 24.9. The fourth-order valence-corrected chi connectivity index (χ4v) is 8.98. The molecule has 0 aromatic carbocycles. The van der Waals surface area contributed by atoms with E-state index in [-0.39, 0.29) is 34.4 Å². The molecule has 4 heteroatoms. The van der Waals surface area contributed by atoms with E-state index in [1.807, 2.05) is 6.92 Å². The highest BCUT2D eigenvalue weighted by Crippen LogP contribution is 2.75. The second-order valence-electron chi connectivity index (χ2n) is 14.1. The highest BCUT2D eigenvalue weighted by molar-refractivity contribution is 6.07. The average molecular weight is 493 g/mol. The van der Waals surface area contributed by atoms with Crippen LogP contribution >= 0.6 is 0 Å².